The minimum atomic E-state index is -0.199. The van der Waals surface area contributed by atoms with Crippen molar-refractivity contribution < 1.29 is 9.53 Å². The van der Waals surface area contributed by atoms with E-state index in [-0.39, 0.29) is 12.5 Å². The van der Waals surface area contributed by atoms with Gasteiger partial charge >= 0.3 is 0 Å². The van der Waals surface area contributed by atoms with Gasteiger partial charge in [-0.05, 0) is 51.2 Å². The van der Waals surface area contributed by atoms with Gasteiger partial charge in [0, 0.05) is 12.7 Å². The summed E-state index contributed by atoms with van der Waals surface area (Å²) in [6, 6.07) is 5.79. The van der Waals surface area contributed by atoms with Gasteiger partial charge in [-0.15, -0.1) is 0 Å². The summed E-state index contributed by atoms with van der Waals surface area (Å²) in [7, 11) is 4.02. The minimum Gasteiger partial charge on any atom is -0.484 e. The largest absolute Gasteiger partial charge is 0.484 e. The second-order valence-electron chi connectivity index (χ2n) is 5.88. The number of likely N-dealkylation sites (N-methyl/N-ethyl adjacent to an activating group) is 1. The Kier molecular flexibility index (Phi) is 5.76. The molecular weight excluding hydrogens is 292 g/mol. The van der Waals surface area contributed by atoms with E-state index >= 15 is 0 Å². The van der Waals surface area contributed by atoms with Crippen molar-refractivity contribution in [1.82, 2.24) is 14.7 Å². The van der Waals surface area contributed by atoms with Crippen molar-refractivity contribution in [3.05, 3.63) is 41.7 Å². The van der Waals surface area contributed by atoms with E-state index in [0.29, 0.717) is 11.4 Å². The van der Waals surface area contributed by atoms with Gasteiger partial charge in [-0.1, -0.05) is 6.07 Å². The van der Waals surface area contributed by atoms with Gasteiger partial charge in [-0.3, -0.25) is 9.48 Å². The highest BCUT2D eigenvalue weighted by atomic mass is 16.5. The summed E-state index contributed by atoms with van der Waals surface area (Å²) < 4.78 is 7.32. The Morgan fingerprint density at radius 2 is 2.09 bits per heavy atom. The van der Waals surface area contributed by atoms with Crippen molar-refractivity contribution in [3.63, 3.8) is 0 Å². The number of ether oxygens (including phenoxy) is 1. The summed E-state index contributed by atoms with van der Waals surface area (Å²) in [5.74, 6) is 0.500. The van der Waals surface area contributed by atoms with Crippen LogP contribution in [0.4, 0.5) is 5.69 Å². The van der Waals surface area contributed by atoms with Gasteiger partial charge in [0.25, 0.3) is 5.91 Å². The number of rotatable bonds is 7. The molecule has 23 heavy (non-hydrogen) atoms. The first-order valence-electron chi connectivity index (χ1n) is 7.61. The number of hydrogen-bond acceptors (Lipinski definition) is 4. The second-order valence-corrected chi connectivity index (χ2v) is 5.88. The molecule has 0 saturated carbocycles. The molecular formula is C17H24N4O2. The number of carbonyl (C=O) groups is 1. The number of nitrogens with one attached hydrogen (secondary N) is 1. The van der Waals surface area contributed by atoms with Gasteiger partial charge < -0.3 is 15.0 Å². The first-order valence-corrected chi connectivity index (χ1v) is 7.61. The van der Waals surface area contributed by atoms with E-state index in [1.165, 1.54) is 5.56 Å². The summed E-state index contributed by atoms with van der Waals surface area (Å²) in [4.78, 5) is 14.0. The molecule has 1 aromatic heterocycles. The quantitative estimate of drug-likeness (QED) is 0.849. The Hall–Kier alpha value is -2.34. The zero-order valence-electron chi connectivity index (χ0n) is 14.2. The molecule has 0 fully saturated rings. The van der Waals surface area contributed by atoms with Gasteiger partial charge in [0.2, 0.25) is 0 Å². The lowest BCUT2D eigenvalue weighted by molar-refractivity contribution is -0.118. The topological polar surface area (TPSA) is 59.4 Å². The maximum atomic E-state index is 11.9. The van der Waals surface area contributed by atoms with Gasteiger partial charge in [0.05, 0.1) is 18.4 Å². The Morgan fingerprint density at radius 3 is 2.78 bits per heavy atom. The molecule has 0 unspecified atom stereocenters. The summed E-state index contributed by atoms with van der Waals surface area (Å²) >= 11 is 0. The monoisotopic (exact) mass is 316 g/mol. The number of benzene rings is 1. The number of hydrogen-bond donors (Lipinski definition) is 1. The maximum Gasteiger partial charge on any atom is 0.262 e. The average molecular weight is 316 g/mol. The van der Waals surface area contributed by atoms with Crippen molar-refractivity contribution in [3.8, 4) is 5.75 Å². The van der Waals surface area contributed by atoms with E-state index in [1.807, 2.05) is 52.3 Å². The van der Waals surface area contributed by atoms with Crippen molar-refractivity contribution in [2.75, 3.05) is 32.6 Å². The molecule has 0 radical (unpaired) electrons. The fraction of sp³-hybridized carbons (Fsp3) is 0.412. The molecule has 1 N–H and O–H groups in total. The highest BCUT2D eigenvalue weighted by Gasteiger charge is 2.06. The van der Waals surface area contributed by atoms with E-state index in [9.17, 15) is 4.79 Å². The number of carbonyl (C=O) groups excluding carboxylic acids is 1. The van der Waals surface area contributed by atoms with Crippen LogP contribution < -0.4 is 10.1 Å². The van der Waals surface area contributed by atoms with Crippen molar-refractivity contribution in [2.45, 2.75) is 20.4 Å². The Labute approximate surface area is 137 Å². The highest BCUT2D eigenvalue weighted by molar-refractivity contribution is 5.91. The predicted octanol–water partition coefficient (Wildman–Crippen LogP) is 2.08. The Balaban J connectivity index is 1.81. The molecule has 0 atom stereocenters. The molecule has 0 spiro atoms. The molecule has 0 saturated heterocycles. The van der Waals surface area contributed by atoms with Crippen molar-refractivity contribution >= 4 is 11.6 Å². The first kappa shape index (κ1) is 17.0. The van der Waals surface area contributed by atoms with Gasteiger partial charge in [0.15, 0.2) is 6.61 Å². The molecule has 0 aliphatic carbocycles. The second kappa shape index (κ2) is 7.78. The van der Waals surface area contributed by atoms with Crippen LogP contribution in [0.2, 0.25) is 0 Å². The summed E-state index contributed by atoms with van der Waals surface area (Å²) in [6.07, 6.45) is 3.46. The molecule has 1 amide bonds. The molecule has 2 aromatic rings. The maximum absolute atomic E-state index is 11.9. The lowest BCUT2D eigenvalue weighted by atomic mass is 10.1. The Morgan fingerprint density at radius 1 is 1.30 bits per heavy atom. The molecule has 2 rings (SSSR count). The van der Waals surface area contributed by atoms with Crippen LogP contribution in [-0.2, 0) is 11.3 Å². The van der Waals surface area contributed by atoms with Crippen LogP contribution in [0.3, 0.4) is 0 Å². The third kappa shape index (κ3) is 5.41. The van der Waals surface area contributed by atoms with E-state index in [1.54, 1.807) is 10.9 Å². The predicted molar refractivity (Wildman–Crippen MR) is 90.8 cm³/mol. The zero-order chi connectivity index (χ0) is 16.8. The number of amides is 1. The van der Waals surface area contributed by atoms with E-state index < -0.39 is 0 Å². The summed E-state index contributed by atoms with van der Waals surface area (Å²) in [6.45, 7) is 5.71. The SMILES string of the molecule is Cc1ccc(OCC(=O)Nc2cnn(CCN(C)C)c2)cc1C. The lowest BCUT2D eigenvalue weighted by Gasteiger charge is -2.09. The van der Waals surface area contributed by atoms with Crippen LogP contribution in [0.15, 0.2) is 30.6 Å². The van der Waals surface area contributed by atoms with E-state index in [2.05, 4.69) is 15.3 Å². The standard InChI is InChI=1S/C17H24N4O2/c1-13-5-6-16(9-14(13)2)23-12-17(22)19-15-10-18-21(11-15)8-7-20(3)4/h5-6,9-11H,7-8,12H2,1-4H3,(H,19,22). The van der Waals surface area contributed by atoms with Crippen LogP contribution in [0, 0.1) is 13.8 Å². The lowest BCUT2D eigenvalue weighted by Crippen LogP contribution is -2.20. The molecule has 0 bridgehead atoms. The number of nitrogens with zero attached hydrogens (tertiary/aromatic N) is 3. The van der Waals surface area contributed by atoms with Gasteiger partial charge in [0.1, 0.15) is 5.75 Å². The van der Waals surface area contributed by atoms with Crippen molar-refractivity contribution in [2.24, 2.45) is 0 Å². The van der Waals surface area contributed by atoms with Crippen molar-refractivity contribution in [1.29, 1.82) is 0 Å². The van der Waals surface area contributed by atoms with Crippen LogP contribution >= 0.6 is 0 Å². The number of anilines is 1. The van der Waals surface area contributed by atoms with Crippen LogP contribution in [-0.4, -0.2) is 47.8 Å². The van der Waals surface area contributed by atoms with Crippen LogP contribution in [0.25, 0.3) is 0 Å². The minimum absolute atomic E-state index is 0.0224. The van der Waals surface area contributed by atoms with Gasteiger partial charge in [-0.2, -0.15) is 5.10 Å². The molecule has 124 valence electrons. The smallest absolute Gasteiger partial charge is 0.262 e. The zero-order valence-corrected chi connectivity index (χ0v) is 14.2. The fourth-order valence-corrected chi connectivity index (χ4v) is 2.00. The number of aromatic nitrogens is 2. The molecule has 6 heteroatoms. The fourth-order valence-electron chi connectivity index (χ4n) is 2.00. The van der Waals surface area contributed by atoms with E-state index in [4.69, 9.17) is 4.74 Å². The normalized spacial score (nSPS) is 10.8. The molecule has 1 aromatic carbocycles. The molecule has 6 nitrogen and oxygen atoms in total. The highest BCUT2D eigenvalue weighted by Crippen LogP contribution is 2.16. The molecule has 0 aliphatic heterocycles. The number of aryl methyl sites for hydroxylation is 2. The van der Waals surface area contributed by atoms with Crippen LogP contribution in [0.5, 0.6) is 5.75 Å². The third-order valence-electron chi connectivity index (χ3n) is 3.54. The molecule has 1 heterocycles. The van der Waals surface area contributed by atoms with Gasteiger partial charge in [-0.25, -0.2) is 0 Å². The summed E-state index contributed by atoms with van der Waals surface area (Å²) in [5, 5.41) is 7.00. The average Bonchev–Trinajstić information content (AvgIpc) is 2.94. The Bertz CT molecular complexity index is 664. The first-order chi connectivity index (χ1) is 10.9. The third-order valence-corrected chi connectivity index (χ3v) is 3.54. The summed E-state index contributed by atoms with van der Waals surface area (Å²) in [5.41, 5.74) is 3.02. The molecule has 0 aliphatic rings. The van der Waals surface area contributed by atoms with Crippen LogP contribution in [0.1, 0.15) is 11.1 Å². The van der Waals surface area contributed by atoms with E-state index in [0.717, 1.165) is 18.7 Å².